The topological polar surface area (TPSA) is 86.7 Å². The largest absolute Gasteiger partial charge is 0.364 e. The lowest BCUT2D eigenvalue weighted by atomic mass is 10.3. The zero-order valence-electron chi connectivity index (χ0n) is 8.97. The summed E-state index contributed by atoms with van der Waals surface area (Å²) < 4.78 is 1.62. The molecule has 2 N–H and O–H groups in total. The van der Waals surface area contributed by atoms with Crippen LogP contribution in [0.3, 0.4) is 0 Å². The lowest BCUT2D eigenvalue weighted by Crippen LogP contribution is -2.13. The minimum atomic E-state index is -0.557. The van der Waals surface area contributed by atoms with Gasteiger partial charge in [-0.2, -0.15) is 0 Å². The summed E-state index contributed by atoms with van der Waals surface area (Å²) in [5.41, 5.74) is 6.95. The average Bonchev–Trinajstić information content (AvgIpc) is 2.76. The normalized spacial score (nSPS) is 10.6. The first kappa shape index (κ1) is 10.7. The molecule has 0 spiro atoms. The number of carbonyl (C=O) groups excluding carboxylic acids is 1. The van der Waals surface area contributed by atoms with Crippen LogP contribution in [0.4, 0.5) is 0 Å². The molecule has 0 fully saturated rings. The summed E-state index contributed by atoms with van der Waals surface area (Å²) in [7, 11) is 0. The number of amides is 1. The Bertz CT molecular complexity index is 530. The summed E-state index contributed by atoms with van der Waals surface area (Å²) in [4.78, 5) is 15.3. The van der Waals surface area contributed by atoms with Gasteiger partial charge in [0.25, 0.3) is 5.91 Å². The van der Waals surface area contributed by atoms with Gasteiger partial charge in [0, 0.05) is 5.38 Å². The summed E-state index contributed by atoms with van der Waals surface area (Å²) in [5.74, 6) is -0.557. The molecule has 16 heavy (non-hydrogen) atoms. The summed E-state index contributed by atoms with van der Waals surface area (Å²) in [6, 6.07) is 0. The van der Waals surface area contributed by atoms with Crippen LogP contribution in [-0.4, -0.2) is 25.9 Å². The molecule has 0 saturated carbocycles. The highest BCUT2D eigenvalue weighted by Gasteiger charge is 2.13. The molecule has 0 saturated heterocycles. The quantitative estimate of drug-likeness (QED) is 0.842. The SMILES string of the molecule is Cc1nc(Cn2nnc(C(N)=O)c2C)cs1. The fourth-order valence-corrected chi connectivity index (χ4v) is 1.98. The van der Waals surface area contributed by atoms with Gasteiger partial charge in [0.1, 0.15) is 0 Å². The zero-order valence-corrected chi connectivity index (χ0v) is 9.78. The minimum Gasteiger partial charge on any atom is -0.364 e. The van der Waals surface area contributed by atoms with E-state index in [9.17, 15) is 4.79 Å². The molecule has 0 aliphatic heterocycles. The van der Waals surface area contributed by atoms with Crippen LogP contribution < -0.4 is 5.73 Å². The highest BCUT2D eigenvalue weighted by molar-refractivity contribution is 7.09. The molecule has 2 aromatic heterocycles. The number of nitrogens with zero attached hydrogens (tertiary/aromatic N) is 4. The van der Waals surface area contributed by atoms with Crippen molar-refractivity contribution in [1.29, 1.82) is 0 Å². The number of hydrogen-bond acceptors (Lipinski definition) is 5. The van der Waals surface area contributed by atoms with Gasteiger partial charge in [-0.3, -0.25) is 4.79 Å². The van der Waals surface area contributed by atoms with E-state index in [1.54, 1.807) is 22.9 Å². The molecule has 0 aliphatic rings. The van der Waals surface area contributed by atoms with Crippen molar-refractivity contribution in [1.82, 2.24) is 20.0 Å². The predicted octanol–water partition coefficient (Wildman–Crippen LogP) is 0.499. The molecular weight excluding hydrogens is 226 g/mol. The Morgan fingerprint density at radius 3 is 2.81 bits per heavy atom. The van der Waals surface area contributed by atoms with Gasteiger partial charge in [-0.25, -0.2) is 9.67 Å². The molecule has 84 valence electrons. The molecule has 0 bridgehead atoms. The number of nitrogens with two attached hydrogens (primary N) is 1. The van der Waals surface area contributed by atoms with Crippen LogP contribution in [0.2, 0.25) is 0 Å². The van der Waals surface area contributed by atoms with Crippen molar-refractivity contribution in [2.75, 3.05) is 0 Å². The lowest BCUT2D eigenvalue weighted by molar-refractivity contribution is 0.0995. The van der Waals surface area contributed by atoms with E-state index in [0.717, 1.165) is 10.7 Å². The Labute approximate surface area is 96.1 Å². The minimum absolute atomic E-state index is 0.215. The maximum Gasteiger partial charge on any atom is 0.271 e. The number of thiazole rings is 1. The van der Waals surface area contributed by atoms with Gasteiger partial charge < -0.3 is 5.73 Å². The van der Waals surface area contributed by atoms with E-state index >= 15 is 0 Å². The zero-order chi connectivity index (χ0) is 11.7. The van der Waals surface area contributed by atoms with Gasteiger partial charge >= 0.3 is 0 Å². The monoisotopic (exact) mass is 237 g/mol. The van der Waals surface area contributed by atoms with Crippen molar-refractivity contribution in [2.24, 2.45) is 5.73 Å². The number of carbonyl (C=O) groups is 1. The number of aryl methyl sites for hydroxylation is 1. The van der Waals surface area contributed by atoms with Crippen LogP contribution in [0.1, 0.15) is 26.9 Å². The fraction of sp³-hybridized carbons (Fsp3) is 0.333. The molecule has 0 unspecified atom stereocenters. The predicted molar refractivity (Wildman–Crippen MR) is 59.2 cm³/mol. The van der Waals surface area contributed by atoms with E-state index < -0.39 is 5.91 Å². The molecule has 1 amide bonds. The number of primary amides is 1. The van der Waals surface area contributed by atoms with Gasteiger partial charge in [-0.05, 0) is 13.8 Å². The third-order valence-electron chi connectivity index (χ3n) is 2.19. The van der Waals surface area contributed by atoms with E-state index in [-0.39, 0.29) is 5.69 Å². The fourth-order valence-electron chi connectivity index (χ4n) is 1.37. The lowest BCUT2D eigenvalue weighted by Gasteiger charge is -1.99. The molecule has 6 nitrogen and oxygen atoms in total. The van der Waals surface area contributed by atoms with Crippen molar-refractivity contribution in [2.45, 2.75) is 20.4 Å². The molecule has 0 aromatic carbocycles. The number of aromatic nitrogens is 4. The Morgan fingerprint density at radius 1 is 1.56 bits per heavy atom. The number of rotatable bonds is 3. The van der Waals surface area contributed by atoms with Crippen LogP contribution in [0.5, 0.6) is 0 Å². The third kappa shape index (κ3) is 1.94. The molecule has 0 atom stereocenters. The second-order valence-electron chi connectivity index (χ2n) is 3.40. The number of hydrogen-bond donors (Lipinski definition) is 1. The highest BCUT2D eigenvalue weighted by atomic mass is 32.1. The summed E-state index contributed by atoms with van der Waals surface area (Å²) in [5, 5.41) is 10.6. The van der Waals surface area contributed by atoms with Gasteiger partial charge in [0.05, 0.1) is 22.9 Å². The maximum absolute atomic E-state index is 11.0. The van der Waals surface area contributed by atoms with Gasteiger partial charge in [0.2, 0.25) is 0 Å². The Morgan fingerprint density at radius 2 is 2.31 bits per heavy atom. The molecule has 0 radical (unpaired) electrons. The van der Waals surface area contributed by atoms with E-state index in [4.69, 9.17) is 5.73 Å². The van der Waals surface area contributed by atoms with Crippen LogP contribution in [0.15, 0.2) is 5.38 Å². The van der Waals surface area contributed by atoms with Crippen molar-refractivity contribution < 1.29 is 4.79 Å². The second kappa shape index (κ2) is 4.01. The molecule has 2 rings (SSSR count). The van der Waals surface area contributed by atoms with E-state index in [0.29, 0.717) is 12.2 Å². The molecule has 2 heterocycles. The molecule has 2 aromatic rings. The third-order valence-corrected chi connectivity index (χ3v) is 3.02. The first-order chi connectivity index (χ1) is 7.58. The van der Waals surface area contributed by atoms with Crippen LogP contribution >= 0.6 is 11.3 Å². The van der Waals surface area contributed by atoms with Crippen molar-refractivity contribution in [3.05, 3.63) is 27.5 Å². The van der Waals surface area contributed by atoms with E-state index in [2.05, 4.69) is 15.3 Å². The first-order valence-corrected chi connectivity index (χ1v) is 5.57. The summed E-state index contributed by atoms with van der Waals surface area (Å²) in [6.45, 7) is 4.22. The average molecular weight is 237 g/mol. The van der Waals surface area contributed by atoms with Gasteiger partial charge in [-0.15, -0.1) is 16.4 Å². The molecular formula is C9H11N5OS. The Hall–Kier alpha value is -1.76. The van der Waals surface area contributed by atoms with Gasteiger partial charge in [0.15, 0.2) is 5.69 Å². The van der Waals surface area contributed by atoms with Crippen molar-refractivity contribution in [3.63, 3.8) is 0 Å². The van der Waals surface area contributed by atoms with E-state index in [1.165, 1.54) is 0 Å². The van der Waals surface area contributed by atoms with Gasteiger partial charge in [-0.1, -0.05) is 5.21 Å². The standard InChI is InChI=1S/C9H11N5OS/c1-5-8(9(10)15)12-13-14(5)3-7-4-16-6(2)11-7/h4H,3H2,1-2H3,(H2,10,15). The van der Waals surface area contributed by atoms with Crippen LogP contribution in [0.25, 0.3) is 0 Å². The second-order valence-corrected chi connectivity index (χ2v) is 4.47. The molecule has 7 heteroatoms. The van der Waals surface area contributed by atoms with Crippen molar-refractivity contribution in [3.8, 4) is 0 Å². The van der Waals surface area contributed by atoms with Crippen LogP contribution in [0, 0.1) is 13.8 Å². The summed E-state index contributed by atoms with van der Waals surface area (Å²) in [6.07, 6.45) is 0. The molecule has 0 aliphatic carbocycles. The maximum atomic E-state index is 11.0. The summed E-state index contributed by atoms with van der Waals surface area (Å²) >= 11 is 1.58. The van der Waals surface area contributed by atoms with Crippen molar-refractivity contribution >= 4 is 17.2 Å². The highest BCUT2D eigenvalue weighted by Crippen LogP contribution is 2.11. The van der Waals surface area contributed by atoms with E-state index in [1.807, 2.05) is 12.3 Å². The smallest absolute Gasteiger partial charge is 0.271 e. The van der Waals surface area contributed by atoms with Crippen LogP contribution in [-0.2, 0) is 6.54 Å². The first-order valence-electron chi connectivity index (χ1n) is 4.69. The Balaban J connectivity index is 2.25. The Kier molecular flexibility index (Phi) is 2.69.